The number of amides is 1. The summed E-state index contributed by atoms with van der Waals surface area (Å²) in [6.45, 7) is 3.74. The lowest BCUT2D eigenvalue weighted by atomic mass is 10.3. The molecule has 0 bridgehead atoms. The second kappa shape index (κ2) is 8.92. The maximum absolute atomic E-state index is 13.5. The summed E-state index contributed by atoms with van der Waals surface area (Å²) in [4.78, 5) is 12.1. The van der Waals surface area contributed by atoms with Crippen molar-refractivity contribution >= 4 is 27.3 Å². The molecule has 6 nitrogen and oxygen atoms in total. The van der Waals surface area contributed by atoms with Crippen molar-refractivity contribution in [2.75, 3.05) is 30.3 Å². The smallest absolute Gasteiger partial charge is 0.243 e. The van der Waals surface area contributed by atoms with Crippen molar-refractivity contribution in [2.24, 2.45) is 0 Å². The zero-order valence-electron chi connectivity index (χ0n) is 15.0. The molecule has 0 atom stereocenters. The van der Waals surface area contributed by atoms with Crippen LogP contribution in [0.4, 0.5) is 20.2 Å². The quantitative estimate of drug-likeness (QED) is 0.718. The number of hydrogen-bond acceptors (Lipinski definition) is 4. The average Bonchev–Trinajstić information content (AvgIpc) is 2.62. The molecular weight excluding hydrogens is 376 g/mol. The molecule has 9 heteroatoms. The van der Waals surface area contributed by atoms with Gasteiger partial charge in [-0.3, -0.25) is 4.79 Å². The van der Waals surface area contributed by atoms with E-state index in [4.69, 9.17) is 0 Å². The third kappa shape index (κ3) is 5.01. The second-order valence-electron chi connectivity index (χ2n) is 5.62. The predicted molar refractivity (Wildman–Crippen MR) is 100 cm³/mol. The number of nitrogens with zero attached hydrogens (tertiary/aromatic N) is 1. The van der Waals surface area contributed by atoms with E-state index in [-0.39, 0.29) is 17.1 Å². The van der Waals surface area contributed by atoms with Crippen molar-refractivity contribution < 1.29 is 22.0 Å². The molecule has 0 radical (unpaired) electrons. The lowest BCUT2D eigenvalue weighted by Crippen LogP contribution is -2.30. The fraction of sp³-hybridized carbons (Fsp3) is 0.278. The first kappa shape index (κ1) is 20.8. The van der Waals surface area contributed by atoms with Crippen LogP contribution in [0, 0.1) is 11.6 Å². The Hall–Kier alpha value is -2.52. The number of nitrogens with one attached hydrogen (secondary N) is 2. The Kier molecular flexibility index (Phi) is 6.86. The predicted octanol–water partition coefficient (Wildman–Crippen LogP) is 3.05. The molecule has 0 spiro atoms. The van der Waals surface area contributed by atoms with Crippen LogP contribution < -0.4 is 10.6 Å². The first-order valence-electron chi connectivity index (χ1n) is 8.37. The molecule has 2 N–H and O–H groups in total. The van der Waals surface area contributed by atoms with E-state index in [0.29, 0.717) is 13.1 Å². The van der Waals surface area contributed by atoms with Gasteiger partial charge in [0.2, 0.25) is 15.9 Å². The Morgan fingerprint density at radius 3 is 2.22 bits per heavy atom. The van der Waals surface area contributed by atoms with Crippen LogP contribution in [0.15, 0.2) is 47.4 Å². The number of rotatable bonds is 8. The highest BCUT2D eigenvalue weighted by atomic mass is 32.2. The molecule has 0 saturated heterocycles. The Bertz CT molecular complexity index is 896. The van der Waals surface area contributed by atoms with Gasteiger partial charge < -0.3 is 10.6 Å². The van der Waals surface area contributed by atoms with Gasteiger partial charge in [-0.1, -0.05) is 26.0 Å². The van der Waals surface area contributed by atoms with E-state index in [9.17, 15) is 22.0 Å². The molecular formula is C18H21F2N3O3S. The van der Waals surface area contributed by atoms with Gasteiger partial charge in [-0.25, -0.2) is 17.2 Å². The molecule has 2 aromatic carbocycles. The molecule has 146 valence electrons. The second-order valence-corrected chi connectivity index (χ2v) is 7.55. The molecule has 0 unspecified atom stereocenters. The number of anilines is 2. The fourth-order valence-corrected chi connectivity index (χ4v) is 3.99. The Labute approximate surface area is 157 Å². The van der Waals surface area contributed by atoms with Gasteiger partial charge in [0.1, 0.15) is 17.3 Å². The largest absolute Gasteiger partial charge is 0.371 e. The summed E-state index contributed by atoms with van der Waals surface area (Å²) in [5.41, 5.74) is -0.130. The molecule has 0 heterocycles. The minimum Gasteiger partial charge on any atom is -0.371 e. The van der Waals surface area contributed by atoms with Crippen molar-refractivity contribution in [1.29, 1.82) is 0 Å². The van der Waals surface area contributed by atoms with Crippen LogP contribution in [0.3, 0.4) is 0 Å². The zero-order chi connectivity index (χ0) is 20.0. The SMILES string of the molecule is CCN(CC)S(=O)(=O)c1cccc(NC(=O)CNc2c(F)cccc2F)c1. The Balaban J connectivity index is 2.09. The van der Waals surface area contributed by atoms with Crippen molar-refractivity contribution in [3.05, 3.63) is 54.1 Å². The van der Waals surface area contributed by atoms with Crippen molar-refractivity contribution in [1.82, 2.24) is 4.31 Å². The normalized spacial score (nSPS) is 11.4. The van der Waals surface area contributed by atoms with Gasteiger partial charge >= 0.3 is 0 Å². The summed E-state index contributed by atoms with van der Waals surface area (Å²) in [5, 5.41) is 4.90. The van der Waals surface area contributed by atoms with Gasteiger partial charge in [0.05, 0.1) is 11.4 Å². The topological polar surface area (TPSA) is 78.5 Å². The third-order valence-electron chi connectivity index (χ3n) is 3.85. The number of para-hydroxylation sites is 1. The van der Waals surface area contributed by atoms with Crippen LogP contribution in [-0.2, 0) is 14.8 Å². The lowest BCUT2D eigenvalue weighted by molar-refractivity contribution is -0.114. The van der Waals surface area contributed by atoms with Crippen LogP contribution in [0.2, 0.25) is 0 Å². The highest BCUT2D eigenvalue weighted by Crippen LogP contribution is 2.20. The Morgan fingerprint density at radius 2 is 1.63 bits per heavy atom. The van der Waals surface area contributed by atoms with Gasteiger partial charge in [-0.2, -0.15) is 4.31 Å². The van der Waals surface area contributed by atoms with E-state index in [1.54, 1.807) is 13.8 Å². The van der Waals surface area contributed by atoms with Gasteiger partial charge in [-0.15, -0.1) is 0 Å². The monoisotopic (exact) mass is 397 g/mol. The molecule has 27 heavy (non-hydrogen) atoms. The third-order valence-corrected chi connectivity index (χ3v) is 5.90. The molecule has 0 aliphatic heterocycles. The number of carbonyl (C=O) groups is 1. The maximum atomic E-state index is 13.5. The van der Waals surface area contributed by atoms with Gasteiger partial charge in [0.25, 0.3) is 0 Å². The highest BCUT2D eigenvalue weighted by molar-refractivity contribution is 7.89. The van der Waals surface area contributed by atoms with E-state index in [2.05, 4.69) is 10.6 Å². The molecule has 0 aromatic heterocycles. The van der Waals surface area contributed by atoms with Crippen molar-refractivity contribution in [3.8, 4) is 0 Å². The molecule has 1 amide bonds. The van der Waals surface area contributed by atoms with Gasteiger partial charge in [0.15, 0.2) is 0 Å². The van der Waals surface area contributed by atoms with Crippen molar-refractivity contribution in [2.45, 2.75) is 18.7 Å². The molecule has 2 aromatic rings. The van der Waals surface area contributed by atoms with Gasteiger partial charge in [0, 0.05) is 18.8 Å². The molecule has 0 saturated carbocycles. The summed E-state index contributed by atoms with van der Waals surface area (Å²) < 4.78 is 53.5. The zero-order valence-corrected chi connectivity index (χ0v) is 15.8. The lowest BCUT2D eigenvalue weighted by Gasteiger charge is -2.19. The summed E-state index contributed by atoms with van der Waals surface area (Å²) in [6.07, 6.45) is 0. The van der Waals surface area contributed by atoms with Crippen LogP contribution in [0.5, 0.6) is 0 Å². The van der Waals surface area contributed by atoms with Crippen LogP contribution in [-0.4, -0.2) is 38.3 Å². The van der Waals surface area contributed by atoms with Crippen molar-refractivity contribution in [3.63, 3.8) is 0 Å². The summed E-state index contributed by atoms with van der Waals surface area (Å²) in [5.74, 6) is -2.19. The van der Waals surface area contributed by atoms with Gasteiger partial charge in [-0.05, 0) is 30.3 Å². The summed E-state index contributed by atoms with van der Waals surface area (Å²) in [6, 6.07) is 9.19. The number of hydrogen-bond donors (Lipinski definition) is 2. The Morgan fingerprint density at radius 1 is 1.04 bits per heavy atom. The maximum Gasteiger partial charge on any atom is 0.243 e. The van der Waals surface area contributed by atoms with E-state index in [0.717, 1.165) is 12.1 Å². The first-order valence-corrected chi connectivity index (χ1v) is 9.81. The fourth-order valence-electron chi connectivity index (χ4n) is 2.49. The average molecular weight is 397 g/mol. The number of sulfonamides is 1. The van der Waals surface area contributed by atoms with E-state index < -0.39 is 33.3 Å². The standard InChI is InChI=1S/C18H21F2N3O3S/c1-3-23(4-2)27(25,26)14-8-5-7-13(11-14)22-17(24)12-21-18-15(19)9-6-10-16(18)20/h5-11,21H,3-4,12H2,1-2H3,(H,22,24). The summed E-state index contributed by atoms with van der Waals surface area (Å²) >= 11 is 0. The number of halogens is 2. The highest BCUT2D eigenvalue weighted by Gasteiger charge is 2.21. The van der Waals surface area contributed by atoms with E-state index >= 15 is 0 Å². The molecule has 0 aliphatic carbocycles. The minimum atomic E-state index is -3.66. The van der Waals surface area contributed by atoms with Crippen LogP contribution >= 0.6 is 0 Å². The number of benzene rings is 2. The van der Waals surface area contributed by atoms with E-state index in [1.807, 2.05) is 0 Å². The first-order chi connectivity index (χ1) is 12.8. The molecule has 0 fully saturated rings. The summed E-state index contributed by atoms with van der Waals surface area (Å²) in [7, 11) is -3.66. The van der Waals surface area contributed by atoms with Crippen LogP contribution in [0.1, 0.15) is 13.8 Å². The van der Waals surface area contributed by atoms with Crippen LogP contribution in [0.25, 0.3) is 0 Å². The van der Waals surface area contributed by atoms with E-state index in [1.165, 1.54) is 34.6 Å². The number of carbonyl (C=O) groups excluding carboxylic acids is 1. The molecule has 2 rings (SSSR count). The molecule has 0 aliphatic rings. The minimum absolute atomic E-state index is 0.0529.